The largest absolute Gasteiger partial charge is 0.504 e. The van der Waals surface area contributed by atoms with Crippen LogP contribution in [0, 0.1) is 5.82 Å². The zero-order valence-corrected chi connectivity index (χ0v) is 9.97. The first-order valence-corrected chi connectivity index (χ1v) is 5.43. The molecular weight excluding hydrogens is 266 g/mol. The van der Waals surface area contributed by atoms with Gasteiger partial charge < -0.3 is 9.84 Å². The first kappa shape index (κ1) is 12.0. The molecule has 0 saturated carbocycles. The molecule has 0 radical (unpaired) electrons. The average Bonchev–Trinajstić information content (AvgIpc) is 2.27. The molecule has 0 fully saturated rings. The van der Waals surface area contributed by atoms with E-state index in [1.165, 1.54) is 18.2 Å². The van der Waals surface area contributed by atoms with Gasteiger partial charge in [-0.05, 0) is 24.3 Å². The van der Waals surface area contributed by atoms with Crippen LogP contribution in [0.1, 0.15) is 0 Å². The van der Waals surface area contributed by atoms with Crippen LogP contribution in [0.2, 0.25) is 10.0 Å². The Hall–Kier alpha value is -1.45. The number of rotatable bonds is 2. The van der Waals surface area contributed by atoms with Gasteiger partial charge >= 0.3 is 0 Å². The van der Waals surface area contributed by atoms with Gasteiger partial charge in [0.15, 0.2) is 11.5 Å². The molecule has 2 aromatic rings. The second-order valence-corrected chi connectivity index (χ2v) is 4.10. The highest BCUT2D eigenvalue weighted by molar-refractivity contribution is 6.42. The third kappa shape index (κ3) is 2.81. The number of phenolic OH excluding ortho intramolecular Hbond substituents is 1. The van der Waals surface area contributed by atoms with Crippen molar-refractivity contribution in [1.29, 1.82) is 0 Å². The van der Waals surface area contributed by atoms with Crippen molar-refractivity contribution in [2.75, 3.05) is 0 Å². The Morgan fingerprint density at radius 2 is 1.76 bits per heavy atom. The van der Waals surface area contributed by atoms with E-state index in [4.69, 9.17) is 27.9 Å². The third-order valence-electron chi connectivity index (χ3n) is 2.04. The van der Waals surface area contributed by atoms with Gasteiger partial charge in [0.2, 0.25) is 0 Å². The molecule has 0 saturated heterocycles. The van der Waals surface area contributed by atoms with E-state index in [1.54, 1.807) is 12.1 Å². The van der Waals surface area contributed by atoms with E-state index < -0.39 is 5.82 Å². The number of phenols is 1. The number of hydrogen-bond donors (Lipinski definition) is 1. The molecular formula is C12H7Cl2FO2. The summed E-state index contributed by atoms with van der Waals surface area (Å²) in [5.41, 5.74) is 0. The van der Waals surface area contributed by atoms with E-state index in [1.807, 2.05) is 0 Å². The summed E-state index contributed by atoms with van der Waals surface area (Å²) in [5, 5.41) is 10.2. The molecule has 88 valence electrons. The van der Waals surface area contributed by atoms with Crippen LogP contribution in [0.3, 0.4) is 0 Å². The van der Waals surface area contributed by atoms with Gasteiger partial charge in [0.25, 0.3) is 0 Å². The zero-order chi connectivity index (χ0) is 12.4. The quantitative estimate of drug-likeness (QED) is 0.864. The summed E-state index contributed by atoms with van der Waals surface area (Å²) >= 11 is 11.6. The third-order valence-corrected chi connectivity index (χ3v) is 2.78. The van der Waals surface area contributed by atoms with E-state index >= 15 is 0 Å². The standard InChI is InChI=1S/C12H7Cl2FO2/c13-9-3-2-8(6-10(9)14)17-12-4-1-7(15)5-11(12)16/h1-6,16H. The summed E-state index contributed by atoms with van der Waals surface area (Å²) in [5.74, 6) is -0.272. The Morgan fingerprint density at radius 3 is 2.41 bits per heavy atom. The number of hydrogen-bond acceptors (Lipinski definition) is 2. The lowest BCUT2D eigenvalue weighted by Crippen LogP contribution is -1.86. The Kier molecular flexibility index (Phi) is 3.41. The molecule has 1 N–H and O–H groups in total. The SMILES string of the molecule is Oc1cc(F)ccc1Oc1ccc(Cl)c(Cl)c1. The Morgan fingerprint density at radius 1 is 1.00 bits per heavy atom. The number of ether oxygens (including phenoxy) is 1. The number of benzene rings is 2. The zero-order valence-electron chi connectivity index (χ0n) is 8.45. The monoisotopic (exact) mass is 272 g/mol. The molecule has 0 atom stereocenters. The van der Waals surface area contributed by atoms with Crippen molar-refractivity contribution in [2.45, 2.75) is 0 Å². The van der Waals surface area contributed by atoms with Gasteiger partial charge in [-0.3, -0.25) is 0 Å². The van der Waals surface area contributed by atoms with Crippen molar-refractivity contribution in [3.63, 3.8) is 0 Å². The number of halogens is 3. The topological polar surface area (TPSA) is 29.5 Å². The van der Waals surface area contributed by atoms with Gasteiger partial charge in [0, 0.05) is 12.1 Å². The van der Waals surface area contributed by atoms with Gasteiger partial charge in [0.05, 0.1) is 10.0 Å². The van der Waals surface area contributed by atoms with Crippen LogP contribution in [-0.2, 0) is 0 Å². The van der Waals surface area contributed by atoms with Gasteiger partial charge in [-0.1, -0.05) is 23.2 Å². The minimum absolute atomic E-state index is 0.143. The summed E-state index contributed by atoms with van der Waals surface area (Å²) in [7, 11) is 0. The molecule has 0 aliphatic carbocycles. The second kappa shape index (κ2) is 4.82. The van der Waals surface area contributed by atoms with Gasteiger partial charge in [-0.15, -0.1) is 0 Å². The van der Waals surface area contributed by atoms with Crippen LogP contribution < -0.4 is 4.74 Å². The van der Waals surface area contributed by atoms with Crippen molar-refractivity contribution < 1.29 is 14.2 Å². The molecule has 0 bridgehead atoms. The lowest BCUT2D eigenvalue weighted by atomic mass is 10.3. The van der Waals surface area contributed by atoms with Crippen LogP contribution in [0.5, 0.6) is 17.2 Å². The van der Waals surface area contributed by atoms with Gasteiger partial charge in [-0.25, -0.2) is 4.39 Å². The van der Waals surface area contributed by atoms with Crippen LogP contribution in [-0.4, -0.2) is 5.11 Å². The Balaban J connectivity index is 2.28. The molecule has 17 heavy (non-hydrogen) atoms. The van der Waals surface area contributed by atoms with Crippen molar-refractivity contribution in [1.82, 2.24) is 0 Å². The molecule has 2 nitrogen and oxygen atoms in total. The Labute approximate surface area is 107 Å². The van der Waals surface area contributed by atoms with Gasteiger partial charge in [-0.2, -0.15) is 0 Å². The minimum atomic E-state index is -0.538. The van der Waals surface area contributed by atoms with E-state index in [0.29, 0.717) is 15.8 Å². The van der Waals surface area contributed by atoms with E-state index in [0.717, 1.165) is 6.07 Å². The van der Waals surface area contributed by atoms with Crippen LogP contribution >= 0.6 is 23.2 Å². The molecule has 0 amide bonds. The Bertz CT molecular complexity index is 558. The van der Waals surface area contributed by atoms with Crippen molar-refractivity contribution >= 4 is 23.2 Å². The molecule has 2 aromatic carbocycles. The van der Waals surface area contributed by atoms with Crippen molar-refractivity contribution in [3.05, 3.63) is 52.3 Å². The maximum atomic E-state index is 12.7. The number of aromatic hydroxyl groups is 1. The minimum Gasteiger partial charge on any atom is -0.504 e. The van der Waals surface area contributed by atoms with Crippen LogP contribution in [0.4, 0.5) is 4.39 Å². The summed E-state index contributed by atoms with van der Waals surface area (Å²) in [6, 6.07) is 8.15. The van der Waals surface area contributed by atoms with Gasteiger partial charge in [0.1, 0.15) is 11.6 Å². The summed E-state index contributed by atoms with van der Waals surface area (Å²) in [6.07, 6.45) is 0. The van der Waals surface area contributed by atoms with E-state index in [9.17, 15) is 9.50 Å². The molecule has 0 spiro atoms. The predicted molar refractivity (Wildman–Crippen MR) is 64.6 cm³/mol. The van der Waals surface area contributed by atoms with Crippen LogP contribution in [0.25, 0.3) is 0 Å². The first-order chi connectivity index (χ1) is 8.06. The fourth-order valence-corrected chi connectivity index (χ4v) is 1.53. The highest BCUT2D eigenvalue weighted by Crippen LogP contribution is 2.33. The second-order valence-electron chi connectivity index (χ2n) is 3.29. The normalized spacial score (nSPS) is 10.3. The van der Waals surface area contributed by atoms with Crippen LogP contribution in [0.15, 0.2) is 36.4 Å². The summed E-state index contributed by atoms with van der Waals surface area (Å²) < 4.78 is 18.1. The first-order valence-electron chi connectivity index (χ1n) is 4.67. The molecule has 0 aliphatic heterocycles. The lowest BCUT2D eigenvalue weighted by Gasteiger charge is -2.08. The fraction of sp³-hybridized carbons (Fsp3) is 0. The predicted octanol–water partition coefficient (Wildman–Crippen LogP) is 4.63. The maximum Gasteiger partial charge on any atom is 0.169 e. The van der Waals surface area contributed by atoms with Crippen molar-refractivity contribution in [2.24, 2.45) is 0 Å². The van der Waals surface area contributed by atoms with E-state index in [2.05, 4.69) is 0 Å². The summed E-state index contributed by atoms with van der Waals surface area (Å²) in [4.78, 5) is 0. The average molecular weight is 273 g/mol. The highest BCUT2D eigenvalue weighted by Gasteiger charge is 2.06. The van der Waals surface area contributed by atoms with Crippen molar-refractivity contribution in [3.8, 4) is 17.2 Å². The molecule has 0 heterocycles. The highest BCUT2D eigenvalue weighted by atomic mass is 35.5. The van der Waals surface area contributed by atoms with E-state index in [-0.39, 0.29) is 11.5 Å². The molecule has 2 rings (SSSR count). The molecule has 5 heteroatoms. The molecule has 0 unspecified atom stereocenters. The summed E-state index contributed by atoms with van der Waals surface area (Å²) in [6.45, 7) is 0. The molecule has 0 aromatic heterocycles. The lowest BCUT2D eigenvalue weighted by molar-refractivity contribution is 0.407. The molecule has 0 aliphatic rings. The smallest absolute Gasteiger partial charge is 0.169 e. The fourth-order valence-electron chi connectivity index (χ4n) is 1.24. The maximum absolute atomic E-state index is 12.7.